The van der Waals surface area contributed by atoms with Crippen LogP contribution in [0.25, 0.3) is 0 Å². The van der Waals surface area contributed by atoms with Crippen molar-refractivity contribution in [2.45, 2.75) is 32.3 Å². The van der Waals surface area contributed by atoms with E-state index < -0.39 is 0 Å². The molecule has 2 aromatic rings. The minimum absolute atomic E-state index is 0.152. The van der Waals surface area contributed by atoms with Crippen molar-refractivity contribution in [3.8, 4) is 6.01 Å². The molecule has 1 saturated heterocycles. The normalized spacial score (nSPS) is 15.8. The molecule has 0 aliphatic carbocycles. The van der Waals surface area contributed by atoms with Gasteiger partial charge in [-0.25, -0.2) is 19.9 Å². The molecule has 0 aromatic carbocycles. The Hall–Kier alpha value is -1.76. The highest BCUT2D eigenvalue weighted by molar-refractivity contribution is 9.10. The zero-order chi connectivity index (χ0) is 15.4. The number of hydrogen-bond acceptors (Lipinski definition) is 6. The van der Waals surface area contributed by atoms with Crippen LogP contribution < -0.4 is 9.64 Å². The first-order chi connectivity index (χ1) is 10.7. The van der Waals surface area contributed by atoms with E-state index in [1.807, 2.05) is 12.4 Å². The van der Waals surface area contributed by atoms with Crippen LogP contribution in [0.5, 0.6) is 6.01 Å². The Balaban J connectivity index is 1.53. The van der Waals surface area contributed by atoms with Crippen LogP contribution in [0.2, 0.25) is 0 Å². The molecule has 0 bridgehead atoms. The number of halogens is 1. The Labute approximate surface area is 138 Å². The van der Waals surface area contributed by atoms with Gasteiger partial charge in [-0.3, -0.25) is 0 Å². The highest BCUT2D eigenvalue weighted by atomic mass is 79.9. The van der Waals surface area contributed by atoms with Gasteiger partial charge < -0.3 is 9.64 Å². The molecule has 0 unspecified atom stereocenters. The third-order valence-electron chi connectivity index (χ3n) is 3.69. The second-order valence-corrected chi connectivity index (χ2v) is 6.15. The predicted octanol–water partition coefficient (Wildman–Crippen LogP) is 2.64. The lowest BCUT2D eigenvalue weighted by Gasteiger charge is -2.31. The number of ether oxygens (including phenoxy) is 1. The molecular weight excluding hydrogens is 346 g/mol. The third-order valence-corrected chi connectivity index (χ3v) is 4.10. The van der Waals surface area contributed by atoms with Gasteiger partial charge in [-0.1, -0.05) is 6.92 Å². The number of rotatable bonds is 4. The molecule has 0 N–H and O–H groups in total. The van der Waals surface area contributed by atoms with Gasteiger partial charge >= 0.3 is 6.01 Å². The monoisotopic (exact) mass is 363 g/mol. The maximum Gasteiger partial charge on any atom is 0.316 e. The van der Waals surface area contributed by atoms with Crippen LogP contribution in [0.15, 0.2) is 29.3 Å². The van der Waals surface area contributed by atoms with Gasteiger partial charge in [-0.05, 0) is 27.9 Å². The zero-order valence-corrected chi connectivity index (χ0v) is 14.0. The summed E-state index contributed by atoms with van der Waals surface area (Å²) in [6.07, 6.45) is 10.1. The average Bonchev–Trinajstić information content (AvgIpc) is 2.57. The van der Waals surface area contributed by atoms with Crippen molar-refractivity contribution in [3.05, 3.63) is 34.8 Å². The maximum atomic E-state index is 5.86. The molecule has 1 aliphatic heterocycles. The molecule has 3 heterocycles. The molecule has 0 radical (unpaired) electrons. The molecule has 2 aromatic heterocycles. The smallest absolute Gasteiger partial charge is 0.316 e. The van der Waals surface area contributed by atoms with E-state index >= 15 is 0 Å². The summed E-state index contributed by atoms with van der Waals surface area (Å²) in [7, 11) is 0. The minimum Gasteiger partial charge on any atom is -0.460 e. The number of hydrogen-bond donors (Lipinski definition) is 0. The van der Waals surface area contributed by atoms with E-state index in [9.17, 15) is 0 Å². The van der Waals surface area contributed by atoms with Crippen LogP contribution in [-0.4, -0.2) is 39.1 Å². The third kappa shape index (κ3) is 3.71. The van der Waals surface area contributed by atoms with Crippen molar-refractivity contribution in [2.24, 2.45) is 0 Å². The van der Waals surface area contributed by atoms with Crippen LogP contribution in [0.3, 0.4) is 0 Å². The number of nitrogens with zero attached hydrogens (tertiary/aromatic N) is 5. The Kier molecular flexibility index (Phi) is 4.82. The zero-order valence-electron chi connectivity index (χ0n) is 12.4. The molecule has 1 aliphatic rings. The van der Waals surface area contributed by atoms with Crippen LogP contribution in [-0.2, 0) is 6.42 Å². The predicted molar refractivity (Wildman–Crippen MR) is 87.0 cm³/mol. The van der Waals surface area contributed by atoms with Crippen molar-refractivity contribution in [1.82, 2.24) is 19.9 Å². The summed E-state index contributed by atoms with van der Waals surface area (Å²) in [6, 6.07) is 0.468. The van der Waals surface area contributed by atoms with Gasteiger partial charge in [0.2, 0.25) is 5.95 Å². The lowest BCUT2D eigenvalue weighted by Crippen LogP contribution is -2.39. The fourth-order valence-electron chi connectivity index (χ4n) is 2.38. The summed E-state index contributed by atoms with van der Waals surface area (Å²) in [5.74, 6) is 0.769. The van der Waals surface area contributed by atoms with Gasteiger partial charge in [0.1, 0.15) is 6.10 Å². The first kappa shape index (κ1) is 15.1. The van der Waals surface area contributed by atoms with Crippen molar-refractivity contribution in [2.75, 3.05) is 18.0 Å². The van der Waals surface area contributed by atoms with Crippen LogP contribution >= 0.6 is 15.9 Å². The van der Waals surface area contributed by atoms with E-state index in [2.05, 4.69) is 47.7 Å². The largest absolute Gasteiger partial charge is 0.460 e. The molecule has 0 atom stereocenters. The molecule has 3 rings (SSSR count). The number of anilines is 1. The Morgan fingerprint density at radius 3 is 2.32 bits per heavy atom. The summed E-state index contributed by atoms with van der Waals surface area (Å²) in [6.45, 7) is 3.83. The molecule has 1 fully saturated rings. The summed E-state index contributed by atoms with van der Waals surface area (Å²) >= 11 is 3.35. The molecule has 0 spiro atoms. The molecule has 0 amide bonds. The van der Waals surface area contributed by atoms with Crippen LogP contribution in [0.1, 0.15) is 25.3 Å². The van der Waals surface area contributed by atoms with Crippen molar-refractivity contribution < 1.29 is 4.74 Å². The van der Waals surface area contributed by atoms with E-state index in [0.717, 1.165) is 48.3 Å². The van der Waals surface area contributed by atoms with Crippen LogP contribution in [0.4, 0.5) is 5.95 Å². The maximum absolute atomic E-state index is 5.86. The summed E-state index contributed by atoms with van der Waals surface area (Å²) < 4.78 is 6.75. The first-order valence-electron chi connectivity index (χ1n) is 7.44. The Morgan fingerprint density at radius 1 is 1.09 bits per heavy atom. The van der Waals surface area contributed by atoms with Gasteiger partial charge in [0.15, 0.2) is 0 Å². The molecule has 0 saturated carbocycles. The number of piperidine rings is 1. The highest BCUT2D eigenvalue weighted by Crippen LogP contribution is 2.19. The molecule has 7 heteroatoms. The summed E-state index contributed by atoms with van der Waals surface area (Å²) in [4.78, 5) is 19.3. The first-order valence-corrected chi connectivity index (χ1v) is 8.24. The number of aryl methyl sites for hydroxylation is 1. The Bertz CT molecular complexity index is 596. The van der Waals surface area contributed by atoms with Gasteiger partial charge in [-0.2, -0.15) is 0 Å². The summed E-state index contributed by atoms with van der Waals surface area (Å²) in [5.41, 5.74) is 1.12. The van der Waals surface area contributed by atoms with Gasteiger partial charge in [-0.15, -0.1) is 0 Å². The Morgan fingerprint density at radius 2 is 1.73 bits per heavy atom. The molecule has 22 heavy (non-hydrogen) atoms. The molecule has 116 valence electrons. The van der Waals surface area contributed by atoms with Gasteiger partial charge in [0, 0.05) is 50.7 Å². The quantitative estimate of drug-likeness (QED) is 0.831. The molecular formula is C15H18BrN5O. The lowest BCUT2D eigenvalue weighted by atomic mass is 10.1. The van der Waals surface area contributed by atoms with Crippen molar-refractivity contribution in [3.63, 3.8) is 0 Å². The second-order valence-electron chi connectivity index (χ2n) is 5.23. The second kappa shape index (κ2) is 7.00. The van der Waals surface area contributed by atoms with E-state index in [0.29, 0.717) is 6.01 Å². The molecule has 6 nitrogen and oxygen atoms in total. The SMILES string of the molecule is CCc1cnc(OC2CCN(c3ncc(Br)cn3)CC2)nc1. The number of aromatic nitrogens is 4. The fourth-order valence-corrected chi connectivity index (χ4v) is 2.58. The van der Waals surface area contributed by atoms with Crippen molar-refractivity contribution in [1.29, 1.82) is 0 Å². The minimum atomic E-state index is 0.152. The fraction of sp³-hybridized carbons (Fsp3) is 0.467. The average molecular weight is 364 g/mol. The lowest BCUT2D eigenvalue weighted by molar-refractivity contribution is 0.156. The van der Waals surface area contributed by atoms with E-state index in [4.69, 9.17) is 4.74 Å². The summed E-state index contributed by atoms with van der Waals surface area (Å²) in [5, 5.41) is 0. The van der Waals surface area contributed by atoms with E-state index in [-0.39, 0.29) is 6.10 Å². The standard InChI is InChI=1S/C15H18BrN5O/c1-2-11-7-19-15(20-8-11)22-13-3-5-21(6-4-13)14-17-9-12(16)10-18-14/h7-10,13H,2-6H2,1H3. The topological polar surface area (TPSA) is 64.0 Å². The highest BCUT2D eigenvalue weighted by Gasteiger charge is 2.22. The van der Waals surface area contributed by atoms with E-state index in [1.165, 1.54) is 0 Å². The van der Waals surface area contributed by atoms with E-state index in [1.54, 1.807) is 12.4 Å². The van der Waals surface area contributed by atoms with Gasteiger partial charge in [0.05, 0.1) is 4.47 Å². The van der Waals surface area contributed by atoms with Gasteiger partial charge in [0.25, 0.3) is 0 Å². The van der Waals surface area contributed by atoms with Crippen molar-refractivity contribution >= 4 is 21.9 Å². The van der Waals surface area contributed by atoms with Crippen LogP contribution in [0, 0.1) is 0 Å².